The molecule has 12 rings (SSSR count). The van der Waals surface area contributed by atoms with Crippen LogP contribution in [0.3, 0.4) is 0 Å². The first kappa shape index (κ1) is 85.5. The van der Waals surface area contributed by atoms with E-state index in [0.717, 1.165) is 11.3 Å². The lowest BCUT2D eigenvalue weighted by Gasteiger charge is -2.28. The van der Waals surface area contributed by atoms with Crippen molar-refractivity contribution in [1.29, 1.82) is 0 Å². The molecule has 3 fully saturated rings. The van der Waals surface area contributed by atoms with Crippen LogP contribution >= 0.6 is 46.4 Å². The van der Waals surface area contributed by atoms with Crippen LogP contribution in [-0.4, -0.2) is 110 Å². The third kappa shape index (κ3) is 43.9. The highest BCUT2D eigenvalue weighted by molar-refractivity contribution is 6.35. The minimum Gasteiger partial charge on any atom is -0.456 e. The number of hydrogen-bond acceptors (Lipinski definition) is 6. The molecule has 4 heterocycles. The first-order valence-corrected chi connectivity index (χ1v) is 34.7. The van der Waals surface area contributed by atoms with Crippen molar-refractivity contribution in [2.24, 2.45) is 7.05 Å². The Bertz CT molecular complexity index is 2870. The summed E-state index contributed by atoms with van der Waals surface area (Å²) in [5.41, 5.74) is 8.90. The van der Waals surface area contributed by atoms with Crippen LogP contribution < -0.4 is 4.74 Å². The number of benzene rings is 7. The summed E-state index contributed by atoms with van der Waals surface area (Å²) in [5.74, 6) is 1.37. The van der Waals surface area contributed by atoms with E-state index in [2.05, 4.69) is 172 Å². The zero-order valence-corrected chi connectivity index (χ0v) is 62.5. The number of allylic oxidation sites excluding steroid dienone is 2. The van der Waals surface area contributed by atoms with Crippen molar-refractivity contribution < 1.29 is 4.74 Å². The topological polar surface area (TPSA) is 40.0 Å². The molecule has 0 radical (unpaired) electrons. The van der Waals surface area contributed by atoms with Gasteiger partial charge in [-0.15, -0.1) is 0 Å². The molecule has 0 spiro atoms. The molecule has 91 heavy (non-hydrogen) atoms. The molecule has 0 amide bonds. The third-order valence-corrected chi connectivity index (χ3v) is 15.6. The van der Waals surface area contributed by atoms with Crippen LogP contribution in [0.5, 0.6) is 11.5 Å². The highest BCUT2D eigenvalue weighted by Gasteiger charge is 2.09. The number of aryl methyl sites for hydroxylation is 6. The van der Waals surface area contributed by atoms with Gasteiger partial charge in [-0.25, -0.2) is 0 Å². The molecule has 0 bridgehead atoms. The van der Waals surface area contributed by atoms with Crippen molar-refractivity contribution in [3.05, 3.63) is 241 Å². The summed E-state index contributed by atoms with van der Waals surface area (Å²) in [6.45, 7) is 36.7. The summed E-state index contributed by atoms with van der Waals surface area (Å²) in [4.78, 5) is 9.48. The lowest BCUT2D eigenvalue weighted by atomic mass is 10.0. The fourth-order valence-electron chi connectivity index (χ4n) is 8.61. The number of likely N-dealkylation sites (tertiary alicyclic amines) is 2. The summed E-state index contributed by atoms with van der Waals surface area (Å²) >= 11 is 23.1. The first-order chi connectivity index (χ1) is 43.8. The number of aromatic nitrogens is 2. The van der Waals surface area contributed by atoms with E-state index in [4.69, 9.17) is 51.1 Å². The highest BCUT2D eigenvalue weighted by atomic mass is 35.5. The van der Waals surface area contributed by atoms with Crippen molar-refractivity contribution in [1.82, 2.24) is 29.4 Å². The molecule has 502 valence electrons. The fourth-order valence-corrected chi connectivity index (χ4v) is 9.44. The summed E-state index contributed by atoms with van der Waals surface area (Å²) in [5, 5.41) is 8.68. The van der Waals surface area contributed by atoms with Crippen LogP contribution in [0.2, 0.25) is 20.4 Å². The largest absolute Gasteiger partial charge is 0.456 e. The first-order valence-electron chi connectivity index (χ1n) is 33.2. The van der Waals surface area contributed by atoms with Gasteiger partial charge in [0.2, 0.25) is 0 Å². The average molecular weight is 1320 g/mol. The van der Waals surface area contributed by atoms with E-state index in [1.54, 1.807) is 35.5 Å². The maximum Gasteiger partial charge on any atom is 0.155 e. The monoisotopic (exact) mass is 1320 g/mol. The van der Waals surface area contributed by atoms with Gasteiger partial charge in [0, 0.05) is 43.8 Å². The standard InChI is InChI=1S/C13H10Cl2O.C11H10.C7H12.3C7H8.C6H14N2.C6H13N.C5H6Cl2N2.C5H11N.3C2H6/c1-9-2-5-11(6-3-9)16-13-7-4-10(14)8-12(13)15;1-9-6-7-10-4-2-3-5-11(10)8-9;4*1-7-5-3-2-4-6-7;1-7-3-5-8(2)6-4-7;1-7-5-3-2-4-6-7;1-3-4(6)8-9(2)5(3)7;1-6-4-2-3-5-6;3*1-2/h2-8H,1H3;2-8H,1H3;5H,2-4,6H2,1H3;3*2-6H,1H3;3-6H2,1-2H3;2-6H2,1H3;1-2H3;2-5H2,1H3;3*1-2H3. The second kappa shape index (κ2) is 55.0. The van der Waals surface area contributed by atoms with Gasteiger partial charge in [-0.05, 0) is 195 Å². The van der Waals surface area contributed by atoms with Crippen molar-refractivity contribution in [3.63, 3.8) is 0 Å². The van der Waals surface area contributed by atoms with Crippen molar-refractivity contribution >= 4 is 57.2 Å². The molecule has 3 saturated heterocycles. The zero-order valence-electron chi connectivity index (χ0n) is 59.4. The minimum atomic E-state index is 0.475. The van der Waals surface area contributed by atoms with Crippen LogP contribution in [-0.2, 0) is 7.05 Å². The van der Waals surface area contributed by atoms with Crippen LogP contribution in [0.25, 0.3) is 10.8 Å². The molecule has 3 aliphatic heterocycles. The quantitative estimate of drug-likeness (QED) is 0.161. The Morgan fingerprint density at radius 3 is 1.08 bits per heavy atom. The molecule has 1 aromatic heterocycles. The number of rotatable bonds is 2. The molecule has 7 aromatic carbocycles. The van der Waals surface area contributed by atoms with E-state index in [9.17, 15) is 0 Å². The lowest BCUT2D eigenvalue weighted by molar-refractivity contribution is 0.181. The number of halogens is 4. The molecule has 0 unspecified atom stereocenters. The maximum absolute atomic E-state index is 6.00. The van der Waals surface area contributed by atoms with E-state index in [1.165, 1.54) is 149 Å². The van der Waals surface area contributed by atoms with Gasteiger partial charge < -0.3 is 24.3 Å². The van der Waals surface area contributed by atoms with E-state index in [1.807, 2.05) is 134 Å². The van der Waals surface area contributed by atoms with Gasteiger partial charge in [0.15, 0.2) is 5.15 Å². The molecule has 0 saturated carbocycles. The van der Waals surface area contributed by atoms with Crippen molar-refractivity contribution in [2.75, 3.05) is 80.5 Å². The zero-order chi connectivity index (χ0) is 68.2. The summed E-state index contributed by atoms with van der Waals surface area (Å²) in [6, 6.07) is 58.6. The predicted molar refractivity (Wildman–Crippen MR) is 407 cm³/mol. The summed E-state index contributed by atoms with van der Waals surface area (Å²) in [7, 11) is 10.5. The Morgan fingerprint density at radius 2 is 0.769 bits per heavy atom. The molecule has 0 N–H and O–H groups in total. The number of likely N-dealkylation sites (N-methyl/N-ethyl adjacent to an activating group) is 2. The van der Waals surface area contributed by atoms with Crippen LogP contribution in [0.15, 0.2) is 188 Å². The second-order valence-corrected chi connectivity index (χ2v) is 24.0. The van der Waals surface area contributed by atoms with Gasteiger partial charge >= 0.3 is 0 Å². The lowest BCUT2D eigenvalue weighted by Crippen LogP contribution is -2.42. The SMILES string of the molecule is CC.CC.CC.CC1=CCCCC1.CN1CCCC1.CN1CCCCC1.CN1CCN(C)CC1.Cc1c(Cl)nn(C)c1Cl.Cc1ccc(Oc2ccc(Cl)cc2Cl)cc1.Cc1ccc2ccccc2c1.Cc1ccccc1.Cc1ccccc1.Cc1ccccc1. The normalized spacial score (nSPS) is 13.8. The Labute approximate surface area is 575 Å². The average Bonchev–Trinajstić information content (AvgIpc) is 3.61. The Balaban J connectivity index is 0.000000993. The number of ether oxygens (including phenoxy) is 1. The number of piperidine rings is 1. The number of fused-ring (bicyclic) bond motifs is 1. The summed E-state index contributed by atoms with van der Waals surface area (Å²) < 4.78 is 7.17. The highest BCUT2D eigenvalue weighted by Crippen LogP contribution is 2.31. The van der Waals surface area contributed by atoms with Crippen LogP contribution in [0.1, 0.15) is 140 Å². The van der Waals surface area contributed by atoms with Gasteiger partial charge in [-0.1, -0.05) is 279 Å². The molecule has 8 aromatic rings. The molecule has 7 nitrogen and oxygen atoms in total. The Morgan fingerprint density at radius 1 is 0.374 bits per heavy atom. The van der Waals surface area contributed by atoms with E-state index in [-0.39, 0.29) is 0 Å². The van der Waals surface area contributed by atoms with Gasteiger partial charge in [0.05, 0.1) is 5.02 Å². The number of nitrogens with zero attached hydrogens (tertiary/aromatic N) is 6. The second-order valence-electron chi connectivity index (χ2n) is 22.4. The van der Waals surface area contributed by atoms with Crippen LogP contribution in [0.4, 0.5) is 0 Å². The minimum absolute atomic E-state index is 0.475. The Kier molecular flexibility index (Phi) is 51.7. The molecule has 11 heteroatoms. The molecule has 4 aliphatic rings. The molecule has 0 atom stereocenters. The van der Waals surface area contributed by atoms with Gasteiger partial charge in [0.1, 0.15) is 16.7 Å². The maximum atomic E-state index is 6.00. The van der Waals surface area contributed by atoms with Gasteiger partial charge in [-0.2, -0.15) is 5.10 Å². The van der Waals surface area contributed by atoms with Crippen molar-refractivity contribution in [3.8, 4) is 11.5 Å². The summed E-state index contributed by atoms with van der Waals surface area (Å²) in [6.07, 6.45) is 15.0. The van der Waals surface area contributed by atoms with E-state index < -0.39 is 0 Å². The fraction of sp³-hybridized carbons (Fsp3) is 0.438. The molecular weight excluding hydrogens is 1200 g/mol. The third-order valence-electron chi connectivity index (χ3n) is 14.2. The van der Waals surface area contributed by atoms with E-state index >= 15 is 0 Å². The van der Waals surface area contributed by atoms with Crippen LogP contribution in [0, 0.1) is 41.5 Å². The molecular formula is C80H118Cl4N6O. The number of hydrogen-bond donors (Lipinski definition) is 0. The predicted octanol–water partition coefficient (Wildman–Crippen LogP) is 23.5. The van der Waals surface area contributed by atoms with Gasteiger partial charge in [0.25, 0.3) is 0 Å². The number of piperazine rings is 1. The van der Waals surface area contributed by atoms with Crippen molar-refractivity contribution in [2.45, 2.75) is 148 Å². The molecule has 1 aliphatic carbocycles. The van der Waals surface area contributed by atoms with Gasteiger partial charge in [-0.3, -0.25) is 4.68 Å². The van der Waals surface area contributed by atoms with E-state index in [0.29, 0.717) is 26.1 Å². The Hall–Kier alpha value is -5.45. The smallest absolute Gasteiger partial charge is 0.155 e.